The fourth-order valence-electron chi connectivity index (χ4n) is 3.12. The number of carbonyl (C=O) groups excluding carboxylic acids is 2. The zero-order chi connectivity index (χ0) is 20.8. The molecule has 0 aliphatic carbocycles. The Balaban J connectivity index is 1.43. The molecule has 0 bridgehead atoms. The zero-order valence-corrected chi connectivity index (χ0v) is 16.1. The van der Waals surface area contributed by atoms with Crippen molar-refractivity contribution < 1.29 is 23.1 Å². The van der Waals surface area contributed by atoms with Gasteiger partial charge in [0.25, 0.3) is 5.91 Å². The summed E-state index contributed by atoms with van der Waals surface area (Å²) in [5, 5.41) is 2.67. The first kappa shape index (κ1) is 20.7. The lowest BCUT2D eigenvalue weighted by Gasteiger charge is -2.35. The minimum absolute atomic E-state index is 0.154. The number of amides is 2. The van der Waals surface area contributed by atoms with Gasteiger partial charge in [0.15, 0.2) is 6.10 Å². The second-order valence-corrected chi connectivity index (χ2v) is 6.87. The van der Waals surface area contributed by atoms with Crippen molar-refractivity contribution in [3.8, 4) is 5.75 Å². The number of nitrogens with one attached hydrogen (secondary N) is 1. The fraction of sp³-hybridized carbons (Fsp3) is 0.333. The van der Waals surface area contributed by atoms with Crippen molar-refractivity contribution in [2.24, 2.45) is 0 Å². The van der Waals surface area contributed by atoms with Crippen LogP contribution in [0.25, 0.3) is 0 Å². The summed E-state index contributed by atoms with van der Waals surface area (Å²) in [5.74, 6) is -0.734. The van der Waals surface area contributed by atoms with E-state index in [1.807, 2.05) is 4.90 Å². The Morgan fingerprint density at radius 1 is 1.03 bits per heavy atom. The topological polar surface area (TPSA) is 61.9 Å². The molecule has 0 unspecified atom stereocenters. The predicted octanol–water partition coefficient (Wildman–Crippen LogP) is 2.52. The normalized spacial score (nSPS) is 15.6. The summed E-state index contributed by atoms with van der Waals surface area (Å²) >= 11 is 0. The van der Waals surface area contributed by atoms with Crippen molar-refractivity contribution in [2.45, 2.75) is 13.0 Å². The Hall–Kier alpha value is -3.00. The van der Waals surface area contributed by atoms with Gasteiger partial charge in [-0.1, -0.05) is 6.07 Å². The molecule has 29 heavy (non-hydrogen) atoms. The second-order valence-electron chi connectivity index (χ2n) is 6.87. The van der Waals surface area contributed by atoms with Gasteiger partial charge in [0, 0.05) is 31.9 Å². The van der Waals surface area contributed by atoms with E-state index in [1.54, 1.807) is 17.9 Å². The van der Waals surface area contributed by atoms with Crippen LogP contribution in [0, 0.1) is 11.6 Å². The van der Waals surface area contributed by atoms with Crippen molar-refractivity contribution in [3.63, 3.8) is 0 Å². The van der Waals surface area contributed by atoms with Gasteiger partial charge in [0.05, 0.1) is 6.54 Å². The van der Waals surface area contributed by atoms with E-state index in [-0.39, 0.29) is 24.2 Å². The number of piperazine rings is 1. The Kier molecular flexibility index (Phi) is 6.77. The summed E-state index contributed by atoms with van der Waals surface area (Å²) < 4.78 is 31.7. The molecule has 1 heterocycles. The molecular weight excluding hydrogens is 380 g/mol. The third-order valence-electron chi connectivity index (χ3n) is 4.63. The minimum atomic E-state index is -0.691. The van der Waals surface area contributed by atoms with Crippen LogP contribution in [0.3, 0.4) is 0 Å². The third-order valence-corrected chi connectivity index (χ3v) is 4.63. The van der Waals surface area contributed by atoms with Gasteiger partial charge in [-0.3, -0.25) is 14.5 Å². The van der Waals surface area contributed by atoms with Gasteiger partial charge in [-0.25, -0.2) is 8.78 Å². The minimum Gasteiger partial charge on any atom is -0.481 e. The lowest BCUT2D eigenvalue weighted by atomic mass is 10.2. The fourth-order valence-corrected chi connectivity index (χ4v) is 3.12. The predicted molar refractivity (Wildman–Crippen MR) is 105 cm³/mol. The third kappa shape index (κ3) is 5.99. The second kappa shape index (κ2) is 9.47. The van der Waals surface area contributed by atoms with Crippen LogP contribution in [-0.4, -0.2) is 60.4 Å². The Morgan fingerprint density at radius 3 is 2.38 bits per heavy atom. The molecule has 2 amide bonds. The average molecular weight is 403 g/mol. The van der Waals surface area contributed by atoms with Crippen LogP contribution in [0.4, 0.5) is 14.5 Å². The molecule has 1 atom stereocenters. The molecule has 154 valence electrons. The van der Waals surface area contributed by atoms with E-state index in [9.17, 15) is 18.4 Å². The van der Waals surface area contributed by atoms with Crippen molar-refractivity contribution in [1.82, 2.24) is 9.80 Å². The summed E-state index contributed by atoms with van der Waals surface area (Å²) in [7, 11) is 0. The highest BCUT2D eigenvalue weighted by Gasteiger charge is 2.26. The number of anilines is 1. The number of hydrogen-bond donors (Lipinski definition) is 1. The number of nitrogens with zero attached hydrogens (tertiary/aromatic N) is 2. The summed E-state index contributed by atoms with van der Waals surface area (Å²) in [6.07, 6.45) is -0.691. The van der Waals surface area contributed by atoms with Gasteiger partial charge >= 0.3 is 0 Å². The van der Waals surface area contributed by atoms with Crippen LogP contribution in [0.5, 0.6) is 5.75 Å². The molecule has 0 aromatic heterocycles. The van der Waals surface area contributed by atoms with E-state index in [1.165, 1.54) is 42.5 Å². The van der Waals surface area contributed by atoms with Gasteiger partial charge in [-0.05, 0) is 49.4 Å². The molecule has 0 saturated carbocycles. The highest BCUT2D eigenvalue weighted by atomic mass is 19.1. The van der Waals surface area contributed by atoms with Crippen molar-refractivity contribution in [3.05, 3.63) is 60.2 Å². The first-order chi connectivity index (χ1) is 13.9. The first-order valence-electron chi connectivity index (χ1n) is 9.39. The van der Waals surface area contributed by atoms with Crippen LogP contribution >= 0.6 is 0 Å². The lowest BCUT2D eigenvalue weighted by Crippen LogP contribution is -2.53. The molecule has 1 aliphatic heterocycles. The maximum absolute atomic E-state index is 13.2. The van der Waals surface area contributed by atoms with Crippen molar-refractivity contribution in [1.29, 1.82) is 0 Å². The van der Waals surface area contributed by atoms with Gasteiger partial charge in [-0.15, -0.1) is 0 Å². The Bertz CT molecular complexity index is 853. The van der Waals surface area contributed by atoms with E-state index < -0.39 is 11.9 Å². The molecule has 1 fully saturated rings. The molecule has 1 N–H and O–H groups in total. The van der Waals surface area contributed by atoms with Gasteiger partial charge < -0.3 is 15.0 Å². The Labute approximate surface area is 168 Å². The van der Waals surface area contributed by atoms with Gasteiger partial charge in [0.2, 0.25) is 5.91 Å². The summed E-state index contributed by atoms with van der Waals surface area (Å²) in [6, 6.07) is 11.2. The molecule has 0 radical (unpaired) electrons. The van der Waals surface area contributed by atoms with Crippen LogP contribution in [0.1, 0.15) is 6.92 Å². The van der Waals surface area contributed by atoms with Crippen LogP contribution in [0.15, 0.2) is 48.5 Å². The molecular formula is C21H23F2N3O3. The summed E-state index contributed by atoms with van der Waals surface area (Å²) in [4.78, 5) is 28.3. The standard InChI is InChI=1S/C21H23F2N3O3/c1-15(29-19-7-5-16(22)6-8-19)21(28)26-11-9-25(10-12-26)14-20(27)24-18-4-2-3-17(23)13-18/h2-8,13,15H,9-12,14H2,1H3,(H,24,27)/t15-/m0/s1. The maximum atomic E-state index is 13.2. The molecule has 0 spiro atoms. The molecule has 3 rings (SSSR count). The van der Waals surface area contributed by atoms with Gasteiger partial charge in [-0.2, -0.15) is 0 Å². The van der Waals surface area contributed by atoms with Crippen molar-refractivity contribution >= 4 is 17.5 Å². The van der Waals surface area contributed by atoms with E-state index >= 15 is 0 Å². The summed E-state index contributed by atoms with van der Waals surface area (Å²) in [5.41, 5.74) is 0.413. The zero-order valence-electron chi connectivity index (χ0n) is 16.1. The van der Waals surface area contributed by atoms with E-state index in [0.717, 1.165) is 0 Å². The Morgan fingerprint density at radius 2 is 1.72 bits per heavy atom. The van der Waals surface area contributed by atoms with Crippen LogP contribution in [-0.2, 0) is 9.59 Å². The highest BCUT2D eigenvalue weighted by molar-refractivity contribution is 5.92. The SMILES string of the molecule is C[C@H](Oc1ccc(F)cc1)C(=O)N1CCN(CC(=O)Nc2cccc(F)c2)CC1. The van der Waals surface area contributed by atoms with E-state index in [0.29, 0.717) is 37.6 Å². The first-order valence-corrected chi connectivity index (χ1v) is 9.39. The molecule has 8 heteroatoms. The smallest absolute Gasteiger partial charge is 0.263 e. The van der Waals surface area contributed by atoms with E-state index in [4.69, 9.17) is 4.74 Å². The van der Waals surface area contributed by atoms with Crippen LogP contribution < -0.4 is 10.1 Å². The number of carbonyl (C=O) groups is 2. The maximum Gasteiger partial charge on any atom is 0.263 e. The number of hydrogen-bond acceptors (Lipinski definition) is 4. The summed E-state index contributed by atoms with van der Waals surface area (Å²) in [6.45, 7) is 3.87. The molecule has 2 aromatic rings. The monoisotopic (exact) mass is 403 g/mol. The number of halogens is 2. The number of ether oxygens (including phenoxy) is 1. The number of rotatable bonds is 6. The average Bonchev–Trinajstić information content (AvgIpc) is 2.69. The molecule has 1 aliphatic rings. The molecule has 6 nitrogen and oxygen atoms in total. The highest BCUT2D eigenvalue weighted by Crippen LogP contribution is 2.15. The van der Waals surface area contributed by atoms with Crippen molar-refractivity contribution in [2.75, 3.05) is 38.0 Å². The van der Waals surface area contributed by atoms with Gasteiger partial charge in [0.1, 0.15) is 17.4 Å². The van der Waals surface area contributed by atoms with E-state index in [2.05, 4.69) is 5.32 Å². The largest absolute Gasteiger partial charge is 0.481 e. The quantitative estimate of drug-likeness (QED) is 0.805. The number of benzene rings is 2. The van der Waals surface area contributed by atoms with Crippen LogP contribution in [0.2, 0.25) is 0 Å². The molecule has 2 aromatic carbocycles. The molecule has 1 saturated heterocycles. The lowest BCUT2D eigenvalue weighted by molar-refractivity contribution is -0.139.